The highest BCUT2D eigenvalue weighted by Crippen LogP contribution is 2.23. The first kappa shape index (κ1) is 20.5. The Morgan fingerprint density at radius 3 is 2.54 bits per heavy atom. The molecule has 2 aromatic rings. The van der Waals surface area contributed by atoms with E-state index >= 15 is 0 Å². The Morgan fingerprint density at radius 2 is 1.86 bits per heavy atom. The maximum atomic E-state index is 13.0. The summed E-state index contributed by atoms with van der Waals surface area (Å²) >= 11 is 0. The van der Waals surface area contributed by atoms with Crippen molar-refractivity contribution < 1.29 is 13.2 Å². The average molecular weight is 405 g/mol. The smallest absolute Gasteiger partial charge is 0.243 e. The normalized spacial score (nSPS) is 15.5. The second kappa shape index (κ2) is 8.87. The third-order valence-electron chi connectivity index (χ3n) is 5.04. The molecule has 1 aromatic carbocycles. The van der Waals surface area contributed by atoms with E-state index in [1.165, 1.54) is 0 Å². The predicted molar refractivity (Wildman–Crippen MR) is 107 cm³/mol. The highest BCUT2D eigenvalue weighted by Gasteiger charge is 2.27. The summed E-state index contributed by atoms with van der Waals surface area (Å²) in [5.41, 5.74) is 2.56. The molecule has 1 aliphatic rings. The first-order valence-corrected chi connectivity index (χ1v) is 11.2. The fourth-order valence-corrected chi connectivity index (χ4v) is 5.28. The van der Waals surface area contributed by atoms with E-state index in [-0.39, 0.29) is 17.3 Å². The number of hydrogen-bond donors (Lipinski definition) is 1. The van der Waals surface area contributed by atoms with Crippen molar-refractivity contribution in [1.82, 2.24) is 19.4 Å². The van der Waals surface area contributed by atoms with E-state index in [4.69, 9.17) is 0 Å². The number of piperidine rings is 1. The molecule has 152 valence electrons. The lowest BCUT2D eigenvalue weighted by molar-refractivity contribution is -0.121. The van der Waals surface area contributed by atoms with Gasteiger partial charge < -0.3 is 5.32 Å². The Kier molecular flexibility index (Phi) is 6.51. The van der Waals surface area contributed by atoms with Gasteiger partial charge in [0.2, 0.25) is 15.9 Å². The number of amides is 1. The zero-order valence-electron chi connectivity index (χ0n) is 16.5. The fourth-order valence-electron chi connectivity index (χ4n) is 3.54. The number of sulfonamides is 1. The molecule has 0 atom stereocenters. The molecule has 0 bridgehead atoms. The topological polar surface area (TPSA) is 84.3 Å². The van der Waals surface area contributed by atoms with Crippen LogP contribution in [0.1, 0.15) is 42.6 Å². The molecular weight excluding hydrogens is 376 g/mol. The van der Waals surface area contributed by atoms with Crippen LogP contribution >= 0.6 is 0 Å². The molecule has 0 unspecified atom stereocenters. The zero-order valence-corrected chi connectivity index (χ0v) is 17.3. The molecule has 1 aliphatic heterocycles. The Bertz CT molecular complexity index is 931. The van der Waals surface area contributed by atoms with Gasteiger partial charge in [0, 0.05) is 38.3 Å². The number of hydrogen-bond acceptors (Lipinski definition) is 4. The van der Waals surface area contributed by atoms with Gasteiger partial charge in [0.1, 0.15) is 0 Å². The Labute approximate surface area is 166 Å². The molecule has 7 nitrogen and oxygen atoms in total. The van der Waals surface area contributed by atoms with Gasteiger partial charge in [-0.2, -0.15) is 9.40 Å². The van der Waals surface area contributed by atoms with Gasteiger partial charge >= 0.3 is 0 Å². The number of rotatable bonds is 7. The van der Waals surface area contributed by atoms with Crippen LogP contribution in [0.25, 0.3) is 0 Å². The summed E-state index contributed by atoms with van der Waals surface area (Å²) in [6, 6.07) is 8.89. The molecule has 0 aliphatic carbocycles. The van der Waals surface area contributed by atoms with E-state index in [2.05, 4.69) is 10.4 Å². The molecule has 1 aromatic heterocycles. The van der Waals surface area contributed by atoms with E-state index in [0.717, 1.165) is 30.7 Å². The molecule has 1 saturated heterocycles. The van der Waals surface area contributed by atoms with E-state index in [1.54, 1.807) is 28.6 Å². The molecule has 1 N–H and O–H groups in total. The number of aromatic nitrogens is 2. The van der Waals surface area contributed by atoms with E-state index in [0.29, 0.717) is 31.6 Å². The predicted octanol–water partition coefficient (Wildman–Crippen LogP) is 2.38. The monoisotopic (exact) mass is 404 g/mol. The largest absolute Gasteiger partial charge is 0.352 e. The minimum atomic E-state index is -3.53. The van der Waals surface area contributed by atoms with Gasteiger partial charge in [-0.05, 0) is 44.4 Å². The average Bonchev–Trinajstić information content (AvgIpc) is 3.02. The fraction of sp³-hybridized carbons (Fsp3) is 0.500. The van der Waals surface area contributed by atoms with Gasteiger partial charge in [-0.25, -0.2) is 8.42 Å². The highest BCUT2D eigenvalue weighted by molar-refractivity contribution is 7.89. The summed E-state index contributed by atoms with van der Waals surface area (Å²) in [6.45, 7) is 5.69. The van der Waals surface area contributed by atoms with Crippen molar-refractivity contribution in [1.29, 1.82) is 0 Å². The van der Waals surface area contributed by atoms with Crippen LogP contribution in [0.15, 0.2) is 35.2 Å². The zero-order chi connectivity index (χ0) is 20.1. The summed E-state index contributed by atoms with van der Waals surface area (Å²) in [6.07, 6.45) is 3.15. The molecule has 3 rings (SSSR count). The highest BCUT2D eigenvalue weighted by atomic mass is 32.2. The maximum Gasteiger partial charge on any atom is 0.243 e. The van der Waals surface area contributed by atoms with Crippen LogP contribution in [-0.2, 0) is 27.9 Å². The molecule has 8 heteroatoms. The molecular formula is C20H28N4O3S. The molecule has 0 spiro atoms. The second-order valence-corrected chi connectivity index (χ2v) is 9.16. The van der Waals surface area contributed by atoms with Gasteiger partial charge in [-0.1, -0.05) is 24.6 Å². The standard InChI is InChI=1S/C20H28N4O3S/c1-16-14-17(2)24(22-16)13-10-20(25)21-15-18-8-4-5-9-19(18)28(26,27)23-11-6-3-7-12-23/h4-5,8-9,14H,3,6-7,10-13,15H2,1-2H3,(H,21,25). The molecule has 0 saturated carbocycles. The van der Waals surface area contributed by atoms with E-state index < -0.39 is 10.0 Å². The maximum absolute atomic E-state index is 13.0. The molecule has 1 fully saturated rings. The Hall–Kier alpha value is -2.19. The minimum Gasteiger partial charge on any atom is -0.352 e. The van der Waals surface area contributed by atoms with Crippen molar-refractivity contribution in [2.45, 2.75) is 57.5 Å². The van der Waals surface area contributed by atoms with Crippen molar-refractivity contribution in [2.24, 2.45) is 0 Å². The van der Waals surface area contributed by atoms with Crippen LogP contribution in [0.4, 0.5) is 0 Å². The van der Waals surface area contributed by atoms with Gasteiger partial charge in [-0.15, -0.1) is 0 Å². The van der Waals surface area contributed by atoms with Gasteiger partial charge in [0.15, 0.2) is 0 Å². The summed E-state index contributed by atoms with van der Waals surface area (Å²) in [5.74, 6) is -0.127. The van der Waals surface area contributed by atoms with Gasteiger partial charge in [0.25, 0.3) is 0 Å². The molecule has 1 amide bonds. The summed E-state index contributed by atoms with van der Waals surface area (Å²) in [7, 11) is -3.53. The molecule has 0 radical (unpaired) electrons. The van der Waals surface area contributed by atoms with E-state index in [1.807, 2.05) is 24.6 Å². The van der Waals surface area contributed by atoms with Crippen LogP contribution in [0, 0.1) is 13.8 Å². The third-order valence-corrected chi connectivity index (χ3v) is 7.03. The number of nitrogens with one attached hydrogen (secondary N) is 1. The van der Waals surface area contributed by atoms with Crippen LogP contribution in [0.5, 0.6) is 0 Å². The lowest BCUT2D eigenvalue weighted by Crippen LogP contribution is -2.36. The molecule has 2 heterocycles. The number of aryl methyl sites for hydroxylation is 3. The van der Waals surface area contributed by atoms with Crippen LogP contribution in [0.3, 0.4) is 0 Å². The number of nitrogens with zero attached hydrogens (tertiary/aromatic N) is 3. The van der Waals surface area contributed by atoms with Crippen LogP contribution in [0.2, 0.25) is 0 Å². The van der Waals surface area contributed by atoms with Crippen molar-refractivity contribution >= 4 is 15.9 Å². The summed E-state index contributed by atoms with van der Waals surface area (Å²) in [5, 5.41) is 7.20. The SMILES string of the molecule is Cc1cc(C)n(CCC(=O)NCc2ccccc2S(=O)(=O)N2CCCCC2)n1. The minimum absolute atomic E-state index is 0.127. The number of carbonyl (C=O) groups excluding carboxylic acids is 1. The van der Waals surface area contributed by atoms with Crippen molar-refractivity contribution in [3.8, 4) is 0 Å². The Balaban J connectivity index is 1.63. The van der Waals surface area contributed by atoms with Crippen molar-refractivity contribution in [3.05, 3.63) is 47.3 Å². The number of carbonyl (C=O) groups is 1. The van der Waals surface area contributed by atoms with Gasteiger partial charge in [-0.3, -0.25) is 9.48 Å². The summed E-state index contributed by atoms with van der Waals surface area (Å²) < 4.78 is 29.4. The molecule has 28 heavy (non-hydrogen) atoms. The third kappa shape index (κ3) is 4.80. The first-order chi connectivity index (χ1) is 13.4. The van der Waals surface area contributed by atoms with Crippen LogP contribution in [-0.4, -0.2) is 41.5 Å². The number of benzene rings is 1. The van der Waals surface area contributed by atoms with Crippen LogP contribution < -0.4 is 5.32 Å². The van der Waals surface area contributed by atoms with E-state index in [9.17, 15) is 13.2 Å². The lowest BCUT2D eigenvalue weighted by atomic mass is 10.2. The van der Waals surface area contributed by atoms with Crippen molar-refractivity contribution in [2.75, 3.05) is 13.1 Å². The lowest BCUT2D eigenvalue weighted by Gasteiger charge is -2.26. The second-order valence-electron chi connectivity index (χ2n) is 7.25. The first-order valence-electron chi connectivity index (χ1n) is 9.74. The van der Waals surface area contributed by atoms with Gasteiger partial charge in [0.05, 0.1) is 10.6 Å². The quantitative estimate of drug-likeness (QED) is 0.768. The van der Waals surface area contributed by atoms with Crippen molar-refractivity contribution in [3.63, 3.8) is 0 Å². The summed E-state index contributed by atoms with van der Waals surface area (Å²) in [4.78, 5) is 12.5. The Morgan fingerprint density at radius 1 is 1.14 bits per heavy atom.